The Labute approximate surface area is 125 Å². The minimum atomic E-state index is -0.433. The van der Waals surface area contributed by atoms with Crippen molar-refractivity contribution in [2.75, 3.05) is 14.2 Å². The third kappa shape index (κ3) is 2.94. The van der Waals surface area contributed by atoms with Gasteiger partial charge in [0.05, 0.1) is 24.7 Å². The summed E-state index contributed by atoms with van der Waals surface area (Å²) in [5.41, 5.74) is 7.69. The maximum absolute atomic E-state index is 13.6. The molecule has 0 radical (unpaired) electrons. The highest BCUT2D eigenvalue weighted by atomic mass is 79.9. The first kappa shape index (κ1) is 14.8. The summed E-state index contributed by atoms with van der Waals surface area (Å²) in [6.45, 7) is 0. The molecule has 2 aromatic carbocycles. The third-order valence-electron chi connectivity index (χ3n) is 3.07. The molecule has 5 heteroatoms. The third-order valence-corrected chi connectivity index (χ3v) is 3.71. The van der Waals surface area contributed by atoms with Crippen LogP contribution in [0.15, 0.2) is 40.9 Å². The van der Waals surface area contributed by atoms with Crippen LogP contribution in [0.25, 0.3) is 0 Å². The molecule has 0 amide bonds. The molecule has 0 spiro atoms. The second-order valence-electron chi connectivity index (χ2n) is 4.27. The van der Waals surface area contributed by atoms with Gasteiger partial charge in [-0.3, -0.25) is 0 Å². The van der Waals surface area contributed by atoms with Crippen molar-refractivity contribution in [2.24, 2.45) is 5.73 Å². The summed E-state index contributed by atoms with van der Waals surface area (Å²) in [4.78, 5) is 0. The number of benzene rings is 2. The highest BCUT2D eigenvalue weighted by Gasteiger charge is 2.14. The number of hydrogen-bond donors (Lipinski definition) is 1. The standard InChI is InChI=1S/C15H15BrFNO2/c1-19-13-6-4-10(8-14(13)20-2)15(18)9-3-5-11(16)12(17)7-9/h3-8,15H,18H2,1-2H3. The molecule has 2 aromatic rings. The first-order valence-electron chi connectivity index (χ1n) is 5.99. The molecule has 2 N–H and O–H groups in total. The maximum Gasteiger partial charge on any atom is 0.161 e. The van der Waals surface area contributed by atoms with Crippen LogP contribution in [0.5, 0.6) is 11.5 Å². The van der Waals surface area contributed by atoms with Crippen molar-refractivity contribution >= 4 is 15.9 Å². The van der Waals surface area contributed by atoms with Gasteiger partial charge < -0.3 is 15.2 Å². The van der Waals surface area contributed by atoms with Gasteiger partial charge in [0, 0.05) is 0 Å². The summed E-state index contributed by atoms with van der Waals surface area (Å²) in [5.74, 6) is 0.891. The monoisotopic (exact) mass is 339 g/mol. The van der Waals surface area contributed by atoms with Crippen molar-refractivity contribution in [1.82, 2.24) is 0 Å². The predicted molar refractivity (Wildman–Crippen MR) is 79.7 cm³/mol. The molecule has 1 unspecified atom stereocenters. The van der Waals surface area contributed by atoms with E-state index in [1.165, 1.54) is 6.07 Å². The van der Waals surface area contributed by atoms with E-state index in [4.69, 9.17) is 15.2 Å². The number of hydrogen-bond acceptors (Lipinski definition) is 3. The Bertz CT molecular complexity index is 619. The fraction of sp³-hybridized carbons (Fsp3) is 0.200. The van der Waals surface area contributed by atoms with E-state index in [1.807, 2.05) is 6.07 Å². The van der Waals surface area contributed by atoms with Crippen molar-refractivity contribution in [2.45, 2.75) is 6.04 Å². The second-order valence-corrected chi connectivity index (χ2v) is 5.12. The average Bonchev–Trinajstić information content (AvgIpc) is 2.48. The number of halogens is 2. The van der Waals surface area contributed by atoms with Gasteiger partial charge in [0.25, 0.3) is 0 Å². The van der Waals surface area contributed by atoms with Crippen LogP contribution >= 0.6 is 15.9 Å². The Balaban J connectivity index is 2.37. The highest BCUT2D eigenvalue weighted by Crippen LogP contribution is 2.32. The normalized spacial score (nSPS) is 12.1. The van der Waals surface area contributed by atoms with Crippen LogP contribution in [0.3, 0.4) is 0 Å². The van der Waals surface area contributed by atoms with Gasteiger partial charge in [-0.05, 0) is 51.3 Å². The van der Waals surface area contributed by atoms with E-state index >= 15 is 0 Å². The van der Waals surface area contributed by atoms with Crippen molar-refractivity contribution in [1.29, 1.82) is 0 Å². The van der Waals surface area contributed by atoms with Crippen molar-refractivity contribution in [3.63, 3.8) is 0 Å². The van der Waals surface area contributed by atoms with Gasteiger partial charge in [-0.2, -0.15) is 0 Å². The van der Waals surface area contributed by atoms with E-state index in [0.29, 0.717) is 21.5 Å². The van der Waals surface area contributed by atoms with Gasteiger partial charge in [0.2, 0.25) is 0 Å². The smallest absolute Gasteiger partial charge is 0.161 e. The van der Waals surface area contributed by atoms with Gasteiger partial charge in [-0.25, -0.2) is 4.39 Å². The first-order valence-corrected chi connectivity index (χ1v) is 6.78. The predicted octanol–water partition coefficient (Wildman–Crippen LogP) is 3.65. The molecule has 0 aliphatic heterocycles. The molecule has 20 heavy (non-hydrogen) atoms. The quantitative estimate of drug-likeness (QED) is 0.924. The molecule has 0 aliphatic carbocycles. The summed E-state index contributed by atoms with van der Waals surface area (Å²) in [7, 11) is 3.13. The molecule has 0 saturated carbocycles. The molecule has 106 valence electrons. The SMILES string of the molecule is COc1ccc(C(N)c2ccc(Br)c(F)c2)cc1OC. The molecule has 0 bridgehead atoms. The lowest BCUT2D eigenvalue weighted by atomic mass is 9.99. The van der Waals surface area contributed by atoms with E-state index in [2.05, 4.69) is 15.9 Å². The Hall–Kier alpha value is -1.59. The fourth-order valence-corrected chi connectivity index (χ4v) is 2.19. The molecule has 1 atom stereocenters. The maximum atomic E-state index is 13.6. The van der Waals surface area contributed by atoms with Gasteiger partial charge in [0.1, 0.15) is 5.82 Å². The summed E-state index contributed by atoms with van der Waals surface area (Å²) < 4.78 is 24.4. The van der Waals surface area contributed by atoms with E-state index in [0.717, 1.165) is 5.56 Å². The van der Waals surface area contributed by atoms with Crippen molar-refractivity contribution in [3.05, 3.63) is 57.8 Å². The van der Waals surface area contributed by atoms with Crippen LogP contribution < -0.4 is 15.2 Å². The van der Waals surface area contributed by atoms with Crippen LogP contribution in [0.2, 0.25) is 0 Å². The molecule has 0 aliphatic rings. The molecular weight excluding hydrogens is 325 g/mol. The lowest BCUT2D eigenvalue weighted by molar-refractivity contribution is 0.354. The van der Waals surface area contributed by atoms with Crippen LogP contribution in [0, 0.1) is 5.82 Å². The summed E-state index contributed by atoms with van der Waals surface area (Å²) in [5, 5.41) is 0. The van der Waals surface area contributed by atoms with Gasteiger partial charge >= 0.3 is 0 Å². The number of rotatable bonds is 4. The Kier molecular flexibility index (Phi) is 4.62. The molecule has 0 saturated heterocycles. The van der Waals surface area contributed by atoms with Crippen LogP contribution in [0.1, 0.15) is 17.2 Å². The molecular formula is C15H15BrFNO2. The van der Waals surface area contributed by atoms with Gasteiger partial charge in [-0.1, -0.05) is 12.1 Å². The second kappa shape index (κ2) is 6.24. The topological polar surface area (TPSA) is 44.5 Å². The number of nitrogens with two attached hydrogens (primary N) is 1. The largest absolute Gasteiger partial charge is 0.493 e. The zero-order valence-electron chi connectivity index (χ0n) is 11.2. The molecule has 3 nitrogen and oxygen atoms in total. The van der Waals surface area contributed by atoms with Crippen LogP contribution in [-0.2, 0) is 0 Å². The van der Waals surface area contributed by atoms with E-state index < -0.39 is 6.04 Å². The summed E-state index contributed by atoms with van der Waals surface area (Å²) in [6.07, 6.45) is 0. The molecule has 0 fully saturated rings. The number of methoxy groups -OCH3 is 2. The molecule has 2 rings (SSSR count). The van der Waals surface area contributed by atoms with Crippen molar-refractivity contribution in [3.8, 4) is 11.5 Å². The Morgan fingerprint density at radius 3 is 2.20 bits per heavy atom. The van der Waals surface area contributed by atoms with Gasteiger partial charge in [-0.15, -0.1) is 0 Å². The van der Waals surface area contributed by atoms with Gasteiger partial charge in [0.15, 0.2) is 11.5 Å². The molecule has 0 heterocycles. The summed E-state index contributed by atoms with van der Waals surface area (Å²) in [6, 6.07) is 9.83. The highest BCUT2D eigenvalue weighted by molar-refractivity contribution is 9.10. The van der Waals surface area contributed by atoms with Crippen molar-refractivity contribution < 1.29 is 13.9 Å². The minimum Gasteiger partial charge on any atom is -0.493 e. The Morgan fingerprint density at radius 1 is 1.00 bits per heavy atom. The first-order chi connectivity index (χ1) is 9.56. The minimum absolute atomic E-state index is 0.335. The van der Waals surface area contributed by atoms with E-state index in [9.17, 15) is 4.39 Å². The lowest BCUT2D eigenvalue weighted by Gasteiger charge is -2.15. The van der Waals surface area contributed by atoms with Crippen LogP contribution in [0.4, 0.5) is 4.39 Å². The van der Waals surface area contributed by atoms with E-state index in [-0.39, 0.29) is 5.82 Å². The zero-order chi connectivity index (χ0) is 14.7. The van der Waals surface area contributed by atoms with E-state index in [1.54, 1.807) is 38.5 Å². The zero-order valence-corrected chi connectivity index (χ0v) is 12.8. The molecule has 0 aromatic heterocycles. The lowest BCUT2D eigenvalue weighted by Crippen LogP contribution is -2.12. The number of ether oxygens (including phenoxy) is 2. The van der Waals surface area contributed by atoms with Crippen LogP contribution in [-0.4, -0.2) is 14.2 Å². The fourth-order valence-electron chi connectivity index (χ4n) is 1.94. The average molecular weight is 340 g/mol. The Morgan fingerprint density at radius 2 is 1.60 bits per heavy atom. The summed E-state index contributed by atoms with van der Waals surface area (Å²) >= 11 is 3.12.